The molecule has 0 amide bonds. The van der Waals surface area contributed by atoms with Gasteiger partial charge in [-0.25, -0.2) is 0 Å². The Labute approximate surface area is 106 Å². The third kappa shape index (κ3) is 3.84. The molecule has 0 heterocycles. The first kappa shape index (κ1) is 13.2. The topological polar surface area (TPSA) is 0 Å². The summed E-state index contributed by atoms with van der Waals surface area (Å²) < 4.78 is 0. The summed E-state index contributed by atoms with van der Waals surface area (Å²) in [5.74, 6) is 0. The maximum absolute atomic E-state index is 2.32. The number of aryl methyl sites for hydroxylation is 3. The molecule has 1 rings (SSSR count). The molecular formula is C12H19Na. The van der Waals surface area contributed by atoms with E-state index in [2.05, 4.69) is 39.0 Å². The van der Waals surface area contributed by atoms with Crippen LogP contribution in [0.4, 0.5) is 0 Å². The van der Waals surface area contributed by atoms with Crippen LogP contribution < -0.4 is 29.6 Å². The molecule has 0 aliphatic rings. The van der Waals surface area contributed by atoms with Gasteiger partial charge >= 0.3 is 29.6 Å². The molecule has 0 atom stereocenters. The molecule has 0 aliphatic heterocycles. The molecule has 1 aromatic carbocycles. The van der Waals surface area contributed by atoms with Crippen LogP contribution in [0.3, 0.4) is 0 Å². The van der Waals surface area contributed by atoms with Gasteiger partial charge in [0, 0.05) is 0 Å². The van der Waals surface area contributed by atoms with Crippen molar-refractivity contribution in [1.82, 2.24) is 0 Å². The Balaban J connectivity index is 0. The van der Waals surface area contributed by atoms with E-state index in [1.54, 1.807) is 0 Å². The first-order chi connectivity index (χ1) is 5.80. The van der Waals surface area contributed by atoms with Gasteiger partial charge in [0.2, 0.25) is 0 Å². The number of rotatable bonds is 3. The van der Waals surface area contributed by atoms with Gasteiger partial charge in [0.25, 0.3) is 0 Å². The molecule has 68 valence electrons. The summed E-state index contributed by atoms with van der Waals surface area (Å²) in [5, 5.41) is 0. The van der Waals surface area contributed by atoms with Gasteiger partial charge in [0.1, 0.15) is 0 Å². The van der Waals surface area contributed by atoms with E-state index in [-0.39, 0.29) is 31.0 Å². The van der Waals surface area contributed by atoms with E-state index in [0.717, 1.165) is 19.3 Å². The van der Waals surface area contributed by atoms with Crippen molar-refractivity contribution < 1.29 is 31.0 Å². The molecule has 13 heavy (non-hydrogen) atoms. The molecule has 0 nitrogen and oxygen atoms in total. The largest absolute Gasteiger partial charge is 1.00 e. The molecule has 1 heteroatoms. The summed E-state index contributed by atoms with van der Waals surface area (Å²) in [6, 6.07) is 6.96. The van der Waals surface area contributed by atoms with E-state index in [1.807, 2.05) is 0 Å². The van der Waals surface area contributed by atoms with E-state index < -0.39 is 0 Å². The van der Waals surface area contributed by atoms with E-state index in [4.69, 9.17) is 0 Å². The van der Waals surface area contributed by atoms with Gasteiger partial charge in [-0.15, -0.1) is 0 Å². The summed E-state index contributed by atoms with van der Waals surface area (Å²) in [7, 11) is 0. The predicted molar refractivity (Wildman–Crippen MR) is 55.7 cm³/mol. The third-order valence-corrected chi connectivity index (χ3v) is 2.34. The Kier molecular flexibility index (Phi) is 6.75. The minimum Gasteiger partial charge on any atom is -1.00 e. The summed E-state index contributed by atoms with van der Waals surface area (Å²) in [4.78, 5) is 0. The van der Waals surface area contributed by atoms with Crippen molar-refractivity contribution in [2.24, 2.45) is 0 Å². The standard InChI is InChI=1S/C12H18.Na.H/c1-4-10-7-11(5-2)9-12(6-3)8-10;;/h7-9H,4-6H2,1-3H3;;/q;+1;-1. The second-order valence-electron chi connectivity index (χ2n) is 3.22. The zero-order valence-electron chi connectivity index (χ0n) is 10.4. The molecule has 0 aliphatic carbocycles. The third-order valence-electron chi connectivity index (χ3n) is 2.34. The minimum atomic E-state index is 0. The molecule has 0 saturated heterocycles. The Morgan fingerprint density at radius 3 is 1.15 bits per heavy atom. The summed E-state index contributed by atoms with van der Waals surface area (Å²) >= 11 is 0. The number of benzene rings is 1. The van der Waals surface area contributed by atoms with Crippen molar-refractivity contribution in [2.75, 3.05) is 0 Å². The maximum atomic E-state index is 2.32. The molecule has 1 aromatic rings. The van der Waals surface area contributed by atoms with Crippen molar-refractivity contribution in [3.8, 4) is 0 Å². The van der Waals surface area contributed by atoms with Crippen molar-refractivity contribution in [3.63, 3.8) is 0 Å². The normalized spacial score (nSPS) is 9.46. The van der Waals surface area contributed by atoms with Gasteiger partial charge in [0.05, 0.1) is 0 Å². The Morgan fingerprint density at radius 2 is 1.00 bits per heavy atom. The van der Waals surface area contributed by atoms with E-state index >= 15 is 0 Å². The van der Waals surface area contributed by atoms with Crippen LogP contribution in [0.2, 0.25) is 0 Å². The summed E-state index contributed by atoms with van der Waals surface area (Å²) in [6.07, 6.45) is 3.46. The predicted octanol–water partition coefficient (Wildman–Crippen LogP) is 0.490. The fourth-order valence-corrected chi connectivity index (χ4v) is 1.45. The number of hydrogen-bond acceptors (Lipinski definition) is 0. The monoisotopic (exact) mass is 186 g/mol. The van der Waals surface area contributed by atoms with Crippen LogP contribution in [0.1, 0.15) is 38.9 Å². The molecule has 0 radical (unpaired) electrons. The van der Waals surface area contributed by atoms with E-state index in [0.29, 0.717) is 0 Å². The molecule has 0 saturated carbocycles. The average molecular weight is 186 g/mol. The van der Waals surface area contributed by atoms with Crippen molar-refractivity contribution >= 4 is 0 Å². The summed E-state index contributed by atoms with van der Waals surface area (Å²) in [5.41, 5.74) is 4.43. The molecular weight excluding hydrogens is 167 g/mol. The number of hydrogen-bond donors (Lipinski definition) is 0. The van der Waals surface area contributed by atoms with Gasteiger partial charge in [0.15, 0.2) is 0 Å². The molecule has 0 aromatic heterocycles. The van der Waals surface area contributed by atoms with Gasteiger partial charge in [-0.3, -0.25) is 0 Å². The molecule has 0 fully saturated rings. The van der Waals surface area contributed by atoms with E-state index in [1.165, 1.54) is 16.7 Å². The minimum absolute atomic E-state index is 0. The first-order valence-corrected chi connectivity index (χ1v) is 4.91. The van der Waals surface area contributed by atoms with Crippen LogP contribution in [0.5, 0.6) is 0 Å². The average Bonchev–Trinajstić information content (AvgIpc) is 2.16. The van der Waals surface area contributed by atoms with Crippen molar-refractivity contribution in [1.29, 1.82) is 0 Å². The summed E-state index contributed by atoms with van der Waals surface area (Å²) in [6.45, 7) is 6.65. The smallest absolute Gasteiger partial charge is 1.00 e. The zero-order valence-corrected chi connectivity index (χ0v) is 11.4. The first-order valence-electron chi connectivity index (χ1n) is 4.91. The van der Waals surface area contributed by atoms with Crippen LogP contribution in [0.25, 0.3) is 0 Å². The van der Waals surface area contributed by atoms with Crippen molar-refractivity contribution in [3.05, 3.63) is 34.9 Å². The van der Waals surface area contributed by atoms with Crippen LogP contribution >= 0.6 is 0 Å². The molecule has 0 spiro atoms. The quantitative estimate of drug-likeness (QED) is 0.603. The maximum Gasteiger partial charge on any atom is 1.00 e. The second kappa shape index (κ2) is 6.64. The zero-order chi connectivity index (χ0) is 8.97. The Hall–Kier alpha value is 0.220. The molecule has 0 unspecified atom stereocenters. The van der Waals surface area contributed by atoms with Gasteiger partial charge in [-0.2, -0.15) is 0 Å². The fraction of sp³-hybridized carbons (Fsp3) is 0.500. The van der Waals surface area contributed by atoms with Gasteiger partial charge in [-0.1, -0.05) is 39.0 Å². The fourth-order valence-electron chi connectivity index (χ4n) is 1.45. The van der Waals surface area contributed by atoms with Gasteiger partial charge < -0.3 is 1.43 Å². The van der Waals surface area contributed by atoms with Crippen LogP contribution in [0, 0.1) is 0 Å². The Bertz CT molecular complexity index is 203. The van der Waals surface area contributed by atoms with Crippen LogP contribution in [-0.2, 0) is 19.3 Å². The Morgan fingerprint density at radius 1 is 0.769 bits per heavy atom. The van der Waals surface area contributed by atoms with Gasteiger partial charge in [-0.05, 0) is 36.0 Å². The molecule has 0 bridgehead atoms. The molecule has 0 N–H and O–H groups in total. The van der Waals surface area contributed by atoms with E-state index in [9.17, 15) is 0 Å². The van der Waals surface area contributed by atoms with Crippen LogP contribution in [-0.4, -0.2) is 0 Å². The van der Waals surface area contributed by atoms with Crippen LogP contribution in [0.15, 0.2) is 18.2 Å². The SMILES string of the molecule is CCc1cc(CC)cc(CC)c1.[H-].[Na+]. The second-order valence-corrected chi connectivity index (χ2v) is 3.22. The van der Waals surface area contributed by atoms with Crippen molar-refractivity contribution in [2.45, 2.75) is 40.0 Å².